The second-order valence-electron chi connectivity index (χ2n) is 5.19. The molecule has 23 heavy (non-hydrogen) atoms. The van der Waals surface area contributed by atoms with Crippen LogP contribution in [0.2, 0.25) is 5.02 Å². The Bertz CT molecular complexity index is 661. The van der Waals surface area contributed by atoms with E-state index in [-0.39, 0.29) is 29.1 Å². The van der Waals surface area contributed by atoms with Crippen LogP contribution in [-0.2, 0) is 10.3 Å². The van der Waals surface area contributed by atoms with Crippen LogP contribution in [0.15, 0.2) is 30.9 Å². The molecule has 0 saturated heterocycles. The largest absolute Gasteiger partial charge is 0.416 e. The number of hydrogen-bond acceptors (Lipinski definition) is 2. The molecule has 1 unspecified atom stereocenters. The van der Waals surface area contributed by atoms with Gasteiger partial charge in [0, 0.05) is 29.1 Å². The lowest BCUT2D eigenvalue weighted by Crippen LogP contribution is -2.61. The monoisotopic (exact) mass is 346 g/mol. The van der Waals surface area contributed by atoms with Crippen LogP contribution in [0.25, 0.3) is 0 Å². The summed E-state index contributed by atoms with van der Waals surface area (Å²) in [5, 5.41) is 3.97. The molecule has 1 aliphatic heterocycles. The van der Waals surface area contributed by atoms with Crippen molar-refractivity contribution in [3.63, 3.8) is 0 Å². The zero-order valence-electron chi connectivity index (χ0n) is 12.0. The Kier molecular flexibility index (Phi) is 4.70. The Morgan fingerprint density at radius 3 is 2.70 bits per heavy atom. The molecule has 0 radical (unpaired) electrons. The van der Waals surface area contributed by atoms with Gasteiger partial charge >= 0.3 is 12.2 Å². The Labute approximate surface area is 135 Å². The van der Waals surface area contributed by atoms with Gasteiger partial charge in [0.25, 0.3) is 0 Å². The zero-order chi connectivity index (χ0) is 17.3. The molecule has 1 aromatic carbocycles. The van der Waals surface area contributed by atoms with Crippen molar-refractivity contribution >= 4 is 29.1 Å². The highest BCUT2D eigenvalue weighted by Crippen LogP contribution is 2.49. The number of urea groups is 1. The molecular weight excluding hydrogens is 333 g/mol. The molecule has 2 amide bonds. The first-order valence-electron chi connectivity index (χ1n) is 6.79. The molecule has 0 aromatic heterocycles. The first-order chi connectivity index (χ1) is 10.7. The molecule has 0 bridgehead atoms. The number of alkyl halides is 3. The van der Waals surface area contributed by atoms with Crippen molar-refractivity contribution in [1.29, 1.82) is 0 Å². The minimum Gasteiger partial charge on any atom is -0.319 e. The van der Waals surface area contributed by atoms with Crippen molar-refractivity contribution in [3.8, 4) is 0 Å². The minimum atomic E-state index is -4.89. The van der Waals surface area contributed by atoms with Crippen molar-refractivity contribution in [2.75, 3.05) is 5.32 Å². The number of benzene rings is 1. The third-order valence-corrected chi connectivity index (χ3v) is 3.90. The zero-order valence-corrected chi connectivity index (χ0v) is 12.7. The molecule has 0 fully saturated rings. The summed E-state index contributed by atoms with van der Waals surface area (Å²) in [6.45, 7) is 3.43. The molecule has 1 aliphatic rings. The molecule has 8 heteroatoms. The topological polar surface area (TPSA) is 58.2 Å². The third kappa shape index (κ3) is 3.19. The van der Waals surface area contributed by atoms with Gasteiger partial charge in [0.15, 0.2) is 5.54 Å². The predicted octanol–water partition coefficient (Wildman–Crippen LogP) is 4.16. The molecule has 0 aliphatic carbocycles. The number of hydrogen-bond donors (Lipinski definition) is 2. The summed E-state index contributed by atoms with van der Waals surface area (Å²) >= 11 is 5.95. The van der Waals surface area contributed by atoms with Gasteiger partial charge in [-0.1, -0.05) is 23.7 Å². The Morgan fingerprint density at radius 2 is 2.09 bits per heavy atom. The Balaban J connectivity index is 2.57. The molecular formula is C15H14ClF3N2O2. The highest BCUT2D eigenvalue weighted by molar-refractivity contribution is 6.32. The van der Waals surface area contributed by atoms with Crippen molar-refractivity contribution in [2.24, 2.45) is 0 Å². The van der Waals surface area contributed by atoms with Gasteiger partial charge in [0.1, 0.15) is 5.78 Å². The van der Waals surface area contributed by atoms with Crippen LogP contribution < -0.4 is 10.6 Å². The summed E-state index contributed by atoms with van der Waals surface area (Å²) in [5.74, 6) is -0.643. The number of fused-ring (bicyclic) bond motifs is 1. The number of nitrogens with one attached hydrogen (secondary N) is 2. The lowest BCUT2D eigenvalue weighted by Gasteiger charge is -2.41. The van der Waals surface area contributed by atoms with Crippen molar-refractivity contribution in [3.05, 3.63) is 41.4 Å². The van der Waals surface area contributed by atoms with Crippen LogP contribution in [0.4, 0.5) is 23.7 Å². The van der Waals surface area contributed by atoms with Crippen molar-refractivity contribution in [1.82, 2.24) is 5.32 Å². The normalized spacial score (nSPS) is 20.3. The lowest BCUT2D eigenvalue weighted by atomic mass is 9.81. The second-order valence-corrected chi connectivity index (χ2v) is 5.59. The van der Waals surface area contributed by atoms with E-state index < -0.39 is 30.0 Å². The molecule has 1 aromatic rings. The number of rotatable bonds is 5. The van der Waals surface area contributed by atoms with Crippen LogP contribution in [0.5, 0.6) is 0 Å². The van der Waals surface area contributed by atoms with E-state index in [1.54, 1.807) is 0 Å². The van der Waals surface area contributed by atoms with Gasteiger partial charge in [0.05, 0.1) is 0 Å². The van der Waals surface area contributed by atoms with Crippen LogP contribution in [0, 0.1) is 0 Å². The molecule has 1 heterocycles. The van der Waals surface area contributed by atoms with Crippen molar-refractivity contribution in [2.45, 2.75) is 31.0 Å². The number of allylic oxidation sites excluding steroid dienone is 1. The number of carbonyl (C=O) groups excluding carboxylic acids is 2. The maximum atomic E-state index is 13.8. The molecule has 0 saturated carbocycles. The van der Waals surface area contributed by atoms with Gasteiger partial charge in [-0.2, -0.15) is 13.2 Å². The number of halogens is 4. The highest BCUT2D eigenvalue weighted by Gasteiger charge is 2.61. The van der Waals surface area contributed by atoms with E-state index in [9.17, 15) is 22.8 Å². The van der Waals surface area contributed by atoms with Gasteiger partial charge in [-0.05, 0) is 18.6 Å². The van der Waals surface area contributed by atoms with E-state index >= 15 is 0 Å². The summed E-state index contributed by atoms with van der Waals surface area (Å²) in [4.78, 5) is 23.7. The SMILES string of the molecule is C=CCCC(=O)CC1(C(F)(F)F)NC(=O)Nc2cccc(Cl)c21. The molecule has 2 rings (SSSR count). The summed E-state index contributed by atoms with van der Waals surface area (Å²) in [5.41, 5.74) is -3.25. The van der Waals surface area contributed by atoms with Gasteiger partial charge in [-0.25, -0.2) is 4.79 Å². The van der Waals surface area contributed by atoms with E-state index in [2.05, 4.69) is 11.9 Å². The van der Waals surface area contributed by atoms with Gasteiger partial charge in [-0.3, -0.25) is 4.79 Å². The smallest absolute Gasteiger partial charge is 0.319 e. The summed E-state index contributed by atoms with van der Waals surface area (Å²) in [6, 6.07) is 2.99. The highest BCUT2D eigenvalue weighted by atomic mass is 35.5. The number of carbonyl (C=O) groups is 2. The van der Waals surface area contributed by atoms with E-state index in [1.165, 1.54) is 24.3 Å². The fourth-order valence-corrected chi connectivity index (χ4v) is 2.90. The number of Topliss-reactive ketones (excluding diaryl/α,β-unsaturated/α-hetero) is 1. The summed E-state index contributed by atoms with van der Waals surface area (Å²) < 4.78 is 41.5. The fourth-order valence-electron chi connectivity index (χ4n) is 2.56. The molecule has 1 atom stereocenters. The van der Waals surface area contributed by atoms with Crippen LogP contribution in [0.3, 0.4) is 0 Å². The number of anilines is 1. The van der Waals surface area contributed by atoms with Gasteiger partial charge in [0.2, 0.25) is 0 Å². The Morgan fingerprint density at radius 1 is 1.39 bits per heavy atom. The number of amides is 2. The van der Waals surface area contributed by atoms with Crippen molar-refractivity contribution < 1.29 is 22.8 Å². The maximum Gasteiger partial charge on any atom is 0.416 e. The van der Waals surface area contributed by atoms with Crippen LogP contribution in [0.1, 0.15) is 24.8 Å². The summed E-state index contributed by atoms with van der Waals surface area (Å²) in [6.07, 6.45) is -4.21. The fraction of sp³-hybridized carbons (Fsp3) is 0.333. The molecule has 0 spiro atoms. The maximum absolute atomic E-state index is 13.8. The Hall–Kier alpha value is -2.02. The van der Waals surface area contributed by atoms with Crippen LogP contribution in [-0.4, -0.2) is 18.0 Å². The first kappa shape index (κ1) is 17.3. The first-order valence-corrected chi connectivity index (χ1v) is 7.16. The van der Waals surface area contributed by atoms with E-state index in [1.807, 2.05) is 5.32 Å². The quantitative estimate of drug-likeness (QED) is 0.787. The minimum absolute atomic E-state index is 0.0601. The molecule has 4 nitrogen and oxygen atoms in total. The van der Waals surface area contributed by atoms with Gasteiger partial charge in [-0.15, -0.1) is 6.58 Å². The predicted molar refractivity (Wildman–Crippen MR) is 80.4 cm³/mol. The summed E-state index contributed by atoms with van der Waals surface area (Å²) in [7, 11) is 0. The van der Waals surface area contributed by atoms with E-state index in [0.717, 1.165) is 0 Å². The third-order valence-electron chi connectivity index (χ3n) is 3.59. The average molecular weight is 347 g/mol. The molecule has 124 valence electrons. The average Bonchev–Trinajstić information content (AvgIpc) is 2.43. The second kappa shape index (κ2) is 6.23. The standard InChI is InChI=1S/C15H14ClF3N2O2/c1-2-3-5-9(22)8-14(15(17,18)19)12-10(16)6-4-7-11(12)20-13(23)21-14/h2,4,6-7H,1,3,5,8H2,(H2,20,21,23). The van der Waals surface area contributed by atoms with E-state index in [0.29, 0.717) is 0 Å². The lowest BCUT2D eigenvalue weighted by molar-refractivity contribution is -0.200. The number of ketones is 1. The molecule has 2 N–H and O–H groups in total. The van der Waals surface area contributed by atoms with E-state index in [4.69, 9.17) is 11.6 Å². The van der Waals surface area contributed by atoms with Gasteiger partial charge < -0.3 is 10.6 Å². The van der Waals surface area contributed by atoms with Crippen LogP contribution >= 0.6 is 11.6 Å².